The molecule has 7 nitrogen and oxygen atoms in total. The van der Waals surface area contributed by atoms with Crippen LogP contribution in [0.15, 0.2) is 42.7 Å². The third-order valence-corrected chi connectivity index (χ3v) is 3.48. The first-order valence-electron chi connectivity index (χ1n) is 7.05. The van der Waals surface area contributed by atoms with Crippen LogP contribution in [0.5, 0.6) is 0 Å². The maximum Gasteiger partial charge on any atom is 0.414 e. The summed E-state index contributed by atoms with van der Waals surface area (Å²) in [4.78, 5) is 35.8. The first-order chi connectivity index (χ1) is 11.1. The number of nitrogens with zero attached hydrogens (tertiary/aromatic N) is 3. The van der Waals surface area contributed by atoms with Gasteiger partial charge in [-0.25, -0.2) is 14.7 Å². The lowest BCUT2D eigenvalue weighted by molar-refractivity contribution is 0.103. The van der Waals surface area contributed by atoms with Crippen molar-refractivity contribution in [3.8, 4) is 0 Å². The van der Waals surface area contributed by atoms with E-state index in [1.807, 2.05) is 0 Å². The highest BCUT2D eigenvalue weighted by atomic mass is 16.4. The predicted molar refractivity (Wildman–Crippen MR) is 84.8 cm³/mol. The number of ketones is 1. The average molecular weight is 310 g/mol. The third-order valence-electron chi connectivity index (χ3n) is 3.48. The smallest absolute Gasteiger partial charge is 0.414 e. The van der Waals surface area contributed by atoms with E-state index in [1.54, 1.807) is 49.6 Å². The summed E-state index contributed by atoms with van der Waals surface area (Å²) in [6, 6.07) is 8.33. The fourth-order valence-corrected chi connectivity index (χ4v) is 2.31. The zero-order valence-corrected chi connectivity index (χ0v) is 12.4. The van der Waals surface area contributed by atoms with Crippen molar-refractivity contribution in [2.24, 2.45) is 0 Å². The lowest BCUT2D eigenvalue weighted by atomic mass is 10.0. The molecular formula is C16H14N4O3. The molecule has 3 rings (SSSR count). The predicted octanol–water partition coefficient (Wildman–Crippen LogP) is 2.69. The number of carbonyl (C=O) groups is 2. The Bertz CT molecular complexity index is 873. The number of pyridine rings is 1. The molecule has 2 aromatic heterocycles. The second-order valence-electron chi connectivity index (χ2n) is 4.88. The number of aromatic nitrogens is 3. The van der Waals surface area contributed by atoms with E-state index in [1.165, 1.54) is 0 Å². The van der Waals surface area contributed by atoms with E-state index in [0.29, 0.717) is 22.2 Å². The fourth-order valence-electron chi connectivity index (χ4n) is 2.31. The van der Waals surface area contributed by atoms with Crippen molar-refractivity contribution >= 4 is 28.9 Å². The molecule has 0 bridgehead atoms. The minimum absolute atomic E-state index is 0.129. The monoisotopic (exact) mass is 310 g/mol. The molecule has 2 heterocycles. The van der Waals surface area contributed by atoms with Crippen molar-refractivity contribution in [2.75, 3.05) is 11.4 Å². The third kappa shape index (κ3) is 2.76. The molecule has 23 heavy (non-hydrogen) atoms. The van der Waals surface area contributed by atoms with Crippen LogP contribution in [0.2, 0.25) is 0 Å². The number of fused-ring (bicyclic) bond motifs is 1. The summed E-state index contributed by atoms with van der Waals surface area (Å²) in [7, 11) is 0. The van der Waals surface area contributed by atoms with E-state index in [4.69, 9.17) is 5.11 Å². The summed E-state index contributed by atoms with van der Waals surface area (Å²) < 4.78 is 0. The van der Waals surface area contributed by atoms with Crippen molar-refractivity contribution in [3.63, 3.8) is 0 Å². The Balaban J connectivity index is 1.99. The topological polar surface area (TPSA) is 99.2 Å². The number of carbonyl (C=O) groups excluding carboxylic acids is 1. The molecule has 0 spiro atoms. The van der Waals surface area contributed by atoms with Crippen molar-refractivity contribution in [1.29, 1.82) is 0 Å². The van der Waals surface area contributed by atoms with Gasteiger partial charge in [0.1, 0.15) is 0 Å². The van der Waals surface area contributed by atoms with Crippen LogP contribution in [0.25, 0.3) is 11.0 Å². The maximum absolute atomic E-state index is 12.4. The summed E-state index contributed by atoms with van der Waals surface area (Å²) in [5.74, 6) is 0.111. The Hall–Kier alpha value is -3.22. The molecule has 3 aromatic rings. The largest absolute Gasteiger partial charge is 0.465 e. The van der Waals surface area contributed by atoms with E-state index in [0.717, 1.165) is 4.90 Å². The number of nitrogens with one attached hydrogen (secondary N) is 1. The lowest BCUT2D eigenvalue weighted by Gasteiger charge is -2.12. The fraction of sp³-hybridized carbons (Fsp3) is 0.125. The number of aromatic amines is 1. The van der Waals surface area contributed by atoms with Crippen molar-refractivity contribution in [1.82, 2.24) is 15.0 Å². The SMILES string of the molecule is CCN(C(=O)O)c1nc2ccc(C(=O)c3ccncc3)cc2[nH]1. The molecule has 0 saturated heterocycles. The highest BCUT2D eigenvalue weighted by molar-refractivity contribution is 6.10. The Kier molecular flexibility index (Phi) is 3.76. The minimum Gasteiger partial charge on any atom is -0.465 e. The van der Waals surface area contributed by atoms with Crippen LogP contribution in [0, 0.1) is 0 Å². The molecule has 116 valence electrons. The first-order valence-corrected chi connectivity index (χ1v) is 7.05. The molecule has 0 aliphatic rings. The summed E-state index contributed by atoms with van der Waals surface area (Å²) in [5.41, 5.74) is 2.25. The van der Waals surface area contributed by atoms with E-state index in [2.05, 4.69) is 15.0 Å². The number of rotatable bonds is 4. The van der Waals surface area contributed by atoms with Crippen LogP contribution in [-0.2, 0) is 0 Å². The summed E-state index contributed by atoms with van der Waals surface area (Å²) >= 11 is 0. The van der Waals surface area contributed by atoms with Gasteiger partial charge >= 0.3 is 6.09 Å². The number of benzene rings is 1. The molecular weight excluding hydrogens is 296 g/mol. The van der Waals surface area contributed by atoms with Gasteiger partial charge in [-0.15, -0.1) is 0 Å². The van der Waals surface area contributed by atoms with Crippen LogP contribution >= 0.6 is 0 Å². The van der Waals surface area contributed by atoms with E-state index in [-0.39, 0.29) is 18.3 Å². The summed E-state index contributed by atoms with van der Waals surface area (Å²) in [6.45, 7) is 2.00. The zero-order chi connectivity index (χ0) is 16.4. The zero-order valence-electron chi connectivity index (χ0n) is 12.4. The lowest BCUT2D eigenvalue weighted by Crippen LogP contribution is -2.29. The summed E-state index contributed by atoms with van der Waals surface area (Å²) in [5, 5.41) is 9.15. The quantitative estimate of drug-likeness (QED) is 0.722. The normalized spacial score (nSPS) is 10.7. The van der Waals surface area contributed by atoms with Crippen LogP contribution in [0.1, 0.15) is 22.8 Å². The number of H-pyrrole nitrogens is 1. The molecule has 1 amide bonds. The van der Waals surface area contributed by atoms with Gasteiger partial charge in [0.2, 0.25) is 5.95 Å². The number of hydrogen-bond acceptors (Lipinski definition) is 4. The minimum atomic E-state index is -1.08. The first kappa shape index (κ1) is 14.7. The van der Waals surface area contributed by atoms with Crippen molar-refractivity contribution in [2.45, 2.75) is 6.92 Å². The second kappa shape index (κ2) is 5.88. The standard InChI is InChI=1S/C16H14N4O3/c1-2-20(16(22)23)15-18-12-4-3-11(9-13(12)19-15)14(21)10-5-7-17-8-6-10/h3-9H,2H2,1H3,(H,18,19)(H,22,23). The van der Waals surface area contributed by atoms with Gasteiger partial charge in [-0.05, 0) is 37.3 Å². The number of imidazole rings is 1. The van der Waals surface area contributed by atoms with Crippen LogP contribution in [0.4, 0.5) is 10.7 Å². The molecule has 0 fully saturated rings. The van der Waals surface area contributed by atoms with Gasteiger partial charge in [0.05, 0.1) is 11.0 Å². The van der Waals surface area contributed by atoms with Gasteiger partial charge in [-0.3, -0.25) is 9.78 Å². The highest BCUT2D eigenvalue weighted by Gasteiger charge is 2.17. The molecule has 0 aliphatic carbocycles. The Morgan fingerprint density at radius 3 is 2.57 bits per heavy atom. The van der Waals surface area contributed by atoms with Crippen LogP contribution in [0.3, 0.4) is 0 Å². The maximum atomic E-state index is 12.4. The molecule has 1 aromatic carbocycles. The van der Waals surface area contributed by atoms with E-state index >= 15 is 0 Å². The molecule has 0 saturated carbocycles. The van der Waals surface area contributed by atoms with Crippen molar-refractivity contribution < 1.29 is 14.7 Å². The Labute approximate surface area is 131 Å². The average Bonchev–Trinajstić information content (AvgIpc) is 2.97. The van der Waals surface area contributed by atoms with Gasteiger partial charge < -0.3 is 10.1 Å². The van der Waals surface area contributed by atoms with Gasteiger partial charge in [0.15, 0.2) is 5.78 Å². The highest BCUT2D eigenvalue weighted by Crippen LogP contribution is 2.20. The molecule has 0 atom stereocenters. The van der Waals surface area contributed by atoms with Gasteiger partial charge in [0.25, 0.3) is 0 Å². The van der Waals surface area contributed by atoms with Gasteiger partial charge in [-0.1, -0.05) is 0 Å². The van der Waals surface area contributed by atoms with Crippen LogP contribution in [-0.4, -0.2) is 38.5 Å². The number of hydrogen-bond donors (Lipinski definition) is 2. The second-order valence-corrected chi connectivity index (χ2v) is 4.88. The molecule has 7 heteroatoms. The Morgan fingerprint density at radius 1 is 1.17 bits per heavy atom. The van der Waals surface area contributed by atoms with Crippen molar-refractivity contribution in [3.05, 3.63) is 53.9 Å². The molecule has 0 unspecified atom stereocenters. The van der Waals surface area contributed by atoms with E-state index < -0.39 is 6.09 Å². The number of amides is 1. The molecule has 0 radical (unpaired) electrons. The van der Waals surface area contributed by atoms with Crippen LogP contribution < -0.4 is 4.90 Å². The number of anilines is 1. The molecule has 2 N–H and O–H groups in total. The van der Waals surface area contributed by atoms with E-state index in [9.17, 15) is 9.59 Å². The molecule has 0 aliphatic heterocycles. The Morgan fingerprint density at radius 2 is 1.91 bits per heavy atom. The number of carboxylic acid groups (broad SMARTS) is 1. The van der Waals surface area contributed by atoms with Gasteiger partial charge in [0, 0.05) is 30.1 Å². The summed E-state index contributed by atoms with van der Waals surface area (Å²) in [6.07, 6.45) is 2.04. The van der Waals surface area contributed by atoms with Gasteiger partial charge in [-0.2, -0.15) is 0 Å².